The SMILES string of the molecule is c1ccc2[nH]c(Sc3nc(Sc4nc5ccccc5[nH]4)nc(N4CCOCC4)n3)nc2c1. The van der Waals surface area contributed by atoms with Gasteiger partial charge in [0.05, 0.1) is 35.3 Å². The molecule has 3 aromatic heterocycles. The Hall–Kier alpha value is -3.15. The Kier molecular flexibility index (Phi) is 5.13. The van der Waals surface area contributed by atoms with Crippen molar-refractivity contribution in [1.29, 1.82) is 0 Å². The number of H-pyrrole nitrogens is 2. The van der Waals surface area contributed by atoms with Crippen LogP contribution in [0.1, 0.15) is 0 Å². The van der Waals surface area contributed by atoms with E-state index in [1.54, 1.807) is 0 Å². The molecule has 4 heterocycles. The van der Waals surface area contributed by atoms with E-state index in [4.69, 9.17) is 14.7 Å². The first-order chi connectivity index (χ1) is 15.8. The van der Waals surface area contributed by atoms with Crippen LogP contribution in [-0.2, 0) is 4.74 Å². The summed E-state index contributed by atoms with van der Waals surface area (Å²) in [4.78, 5) is 32.2. The number of nitrogens with zero attached hydrogens (tertiary/aromatic N) is 6. The van der Waals surface area contributed by atoms with Gasteiger partial charge in [0, 0.05) is 13.1 Å². The molecule has 1 fully saturated rings. The molecule has 9 nitrogen and oxygen atoms in total. The fraction of sp³-hybridized carbons (Fsp3) is 0.190. The van der Waals surface area contributed by atoms with Crippen molar-refractivity contribution in [2.24, 2.45) is 0 Å². The molecule has 0 spiro atoms. The first-order valence-corrected chi connectivity index (χ1v) is 11.8. The molecule has 0 unspecified atom stereocenters. The lowest BCUT2D eigenvalue weighted by Gasteiger charge is -2.26. The topological polar surface area (TPSA) is 108 Å². The van der Waals surface area contributed by atoms with Crippen LogP contribution in [0.3, 0.4) is 0 Å². The standard InChI is InChI=1S/C21H18N8OS2/c1-2-6-14-13(5-1)22-18(23-14)31-20-26-17(29-9-11-30-12-10-29)27-21(28-20)32-19-24-15-7-3-4-8-16(15)25-19/h1-8H,9-12H2,(H,22,23)(H,24,25). The number of anilines is 1. The number of hydrogen-bond acceptors (Lipinski definition) is 9. The minimum absolute atomic E-state index is 0.583. The number of morpholine rings is 1. The second kappa shape index (κ2) is 8.41. The molecule has 11 heteroatoms. The zero-order valence-electron chi connectivity index (χ0n) is 16.9. The molecule has 0 radical (unpaired) electrons. The molecule has 1 aliphatic rings. The van der Waals surface area contributed by atoms with Gasteiger partial charge in [-0.05, 0) is 47.8 Å². The fourth-order valence-corrected chi connectivity index (χ4v) is 4.98. The van der Waals surface area contributed by atoms with Crippen LogP contribution in [0.2, 0.25) is 0 Å². The van der Waals surface area contributed by atoms with Gasteiger partial charge in [-0.1, -0.05) is 24.3 Å². The molecule has 6 rings (SSSR count). The van der Waals surface area contributed by atoms with Gasteiger partial charge >= 0.3 is 0 Å². The van der Waals surface area contributed by atoms with E-state index in [-0.39, 0.29) is 0 Å². The van der Waals surface area contributed by atoms with Crippen molar-refractivity contribution in [3.05, 3.63) is 48.5 Å². The fourth-order valence-electron chi connectivity index (χ4n) is 3.45. The second-order valence-electron chi connectivity index (χ2n) is 7.12. The van der Waals surface area contributed by atoms with Crippen LogP contribution >= 0.6 is 23.5 Å². The summed E-state index contributed by atoms with van der Waals surface area (Å²) in [5, 5.41) is 2.65. The summed E-state index contributed by atoms with van der Waals surface area (Å²) < 4.78 is 5.49. The highest BCUT2D eigenvalue weighted by atomic mass is 32.2. The second-order valence-corrected chi connectivity index (χ2v) is 9.03. The van der Waals surface area contributed by atoms with Crippen molar-refractivity contribution in [2.75, 3.05) is 31.2 Å². The van der Waals surface area contributed by atoms with Crippen LogP contribution in [0.15, 0.2) is 69.2 Å². The molecule has 2 N–H and O–H groups in total. The Morgan fingerprint density at radius 2 is 1.22 bits per heavy atom. The van der Waals surface area contributed by atoms with E-state index in [0.29, 0.717) is 29.5 Å². The quantitative estimate of drug-likeness (QED) is 0.403. The van der Waals surface area contributed by atoms with Gasteiger partial charge in [0.25, 0.3) is 0 Å². The Labute approximate surface area is 191 Å². The third-order valence-corrected chi connectivity index (χ3v) is 6.49. The summed E-state index contributed by atoms with van der Waals surface area (Å²) >= 11 is 2.78. The van der Waals surface area contributed by atoms with Gasteiger partial charge in [-0.2, -0.15) is 15.0 Å². The van der Waals surface area contributed by atoms with Gasteiger partial charge in [0.1, 0.15) is 0 Å². The molecule has 0 saturated carbocycles. The van der Waals surface area contributed by atoms with Crippen LogP contribution in [-0.4, -0.2) is 61.2 Å². The summed E-state index contributed by atoms with van der Waals surface area (Å²) in [7, 11) is 0. The van der Waals surface area contributed by atoms with E-state index in [9.17, 15) is 0 Å². The number of aromatic amines is 2. The summed E-state index contributed by atoms with van der Waals surface area (Å²) in [5.74, 6) is 0.639. The van der Waals surface area contributed by atoms with Crippen LogP contribution in [0.25, 0.3) is 22.1 Å². The predicted octanol–water partition coefficient (Wildman–Crippen LogP) is 3.76. The molecule has 5 aromatic rings. The van der Waals surface area contributed by atoms with Gasteiger partial charge in [0.15, 0.2) is 10.3 Å². The molecular formula is C21H18N8OS2. The summed E-state index contributed by atoms with van der Waals surface area (Å²) in [6, 6.07) is 15.9. The average Bonchev–Trinajstić information content (AvgIpc) is 3.42. The number of ether oxygens (including phenoxy) is 1. The summed E-state index contributed by atoms with van der Waals surface area (Å²) in [5.41, 5.74) is 3.78. The minimum atomic E-state index is 0.583. The normalized spacial score (nSPS) is 14.4. The zero-order valence-corrected chi connectivity index (χ0v) is 18.5. The number of para-hydroxylation sites is 4. The number of fused-ring (bicyclic) bond motifs is 2. The highest BCUT2D eigenvalue weighted by Gasteiger charge is 2.19. The van der Waals surface area contributed by atoms with Crippen LogP contribution in [0, 0.1) is 0 Å². The molecule has 2 aromatic carbocycles. The lowest BCUT2D eigenvalue weighted by molar-refractivity contribution is 0.122. The molecule has 0 atom stereocenters. The molecular weight excluding hydrogens is 444 g/mol. The summed E-state index contributed by atoms with van der Waals surface area (Å²) in [6.45, 7) is 2.80. The maximum Gasteiger partial charge on any atom is 0.230 e. The first kappa shape index (κ1) is 19.5. The predicted molar refractivity (Wildman–Crippen MR) is 123 cm³/mol. The zero-order chi connectivity index (χ0) is 21.3. The van der Waals surface area contributed by atoms with Crippen LogP contribution in [0.4, 0.5) is 5.95 Å². The molecule has 0 aliphatic carbocycles. The molecule has 0 bridgehead atoms. The molecule has 0 amide bonds. The Morgan fingerprint density at radius 1 is 0.688 bits per heavy atom. The van der Waals surface area contributed by atoms with Gasteiger partial charge in [0.2, 0.25) is 16.3 Å². The van der Waals surface area contributed by atoms with Crippen molar-refractivity contribution < 1.29 is 4.74 Å². The maximum absolute atomic E-state index is 5.49. The molecule has 32 heavy (non-hydrogen) atoms. The van der Waals surface area contributed by atoms with E-state index in [1.165, 1.54) is 23.5 Å². The lowest BCUT2D eigenvalue weighted by atomic mass is 10.3. The van der Waals surface area contributed by atoms with Gasteiger partial charge in [-0.25, -0.2) is 9.97 Å². The number of benzene rings is 2. The van der Waals surface area contributed by atoms with E-state index in [2.05, 4.69) is 29.8 Å². The van der Waals surface area contributed by atoms with Crippen molar-refractivity contribution in [2.45, 2.75) is 20.6 Å². The lowest BCUT2D eigenvalue weighted by Crippen LogP contribution is -2.37. The van der Waals surface area contributed by atoms with Gasteiger partial charge in [-0.3, -0.25) is 0 Å². The van der Waals surface area contributed by atoms with Crippen molar-refractivity contribution in [3.8, 4) is 0 Å². The number of hydrogen-bond donors (Lipinski definition) is 2. The molecule has 1 saturated heterocycles. The van der Waals surface area contributed by atoms with Gasteiger partial charge in [-0.15, -0.1) is 0 Å². The molecule has 1 aliphatic heterocycles. The molecule has 160 valence electrons. The monoisotopic (exact) mass is 462 g/mol. The highest BCUT2D eigenvalue weighted by Crippen LogP contribution is 2.30. The van der Waals surface area contributed by atoms with Crippen molar-refractivity contribution in [1.82, 2.24) is 34.9 Å². The largest absolute Gasteiger partial charge is 0.378 e. The van der Waals surface area contributed by atoms with Crippen LogP contribution in [0.5, 0.6) is 0 Å². The Balaban J connectivity index is 1.34. The van der Waals surface area contributed by atoms with Crippen LogP contribution < -0.4 is 4.90 Å². The third kappa shape index (κ3) is 4.01. The summed E-state index contributed by atoms with van der Waals surface area (Å²) in [6.07, 6.45) is 0. The minimum Gasteiger partial charge on any atom is -0.378 e. The number of rotatable bonds is 5. The number of nitrogens with one attached hydrogen (secondary N) is 2. The van der Waals surface area contributed by atoms with E-state index in [0.717, 1.165) is 45.5 Å². The average molecular weight is 463 g/mol. The number of imidazole rings is 2. The van der Waals surface area contributed by atoms with E-state index < -0.39 is 0 Å². The Morgan fingerprint density at radius 3 is 1.75 bits per heavy atom. The smallest absolute Gasteiger partial charge is 0.230 e. The van der Waals surface area contributed by atoms with Crippen molar-refractivity contribution in [3.63, 3.8) is 0 Å². The van der Waals surface area contributed by atoms with Crippen molar-refractivity contribution >= 4 is 51.5 Å². The highest BCUT2D eigenvalue weighted by molar-refractivity contribution is 7.99. The number of aromatic nitrogens is 7. The van der Waals surface area contributed by atoms with E-state index >= 15 is 0 Å². The first-order valence-electron chi connectivity index (χ1n) is 10.1. The maximum atomic E-state index is 5.49. The Bertz CT molecular complexity index is 1230. The van der Waals surface area contributed by atoms with Gasteiger partial charge < -0.3 is 19.6 Å². The van der Waals surface area contributed by atoms with E-state index in [1.807, 2.05) is 48.5 Å². The third-order valence-electron chi connectivity index (χ3n) is 4.99.